The number of sulfonamides is 1. The van der Waals surface area contributed by atoms with Crippen LogP contribution in [0.1, 0.15) is 12.7 Å². The maximum Gasteiger partial charge on any atom is 0.266 e. The van der Waals surface area contributed by atoms with E-state index in [1.807, 2.05) is 4.72 Å². The highest BCUT2D eigenvalue weighted by atomic mass is 32.2. The van der Waals surface area contributed by atoms with Crippen LogP contribution < -0.4 is 4.72 Å². The Morgan fingerprint density at radius 3 is 2.59 bits per heavy atom. The van der Waals surface area contributed by atoms with E-state index in [4.69, 9.17) is 16.6 Å². The standard InChI is InChI=1S/C19H16N2O5S3/c1-3-10-21-18(23)17(28-19(21)27)11-14-6-9-16(26-14)13-4-7-15(8-5-13)29(24,25)20-12(2)22/h3-9,11H,1,10H2,2H3,(H,20,22)/b17-11-. The summed E-state index contributed by atoms with van der Waals surface area (Å²) in [4.78, 5) is 25.3. The number of nitrogens with one attached hydrogen (secondary N) is 1. The van der Waals surface area contributed by atoms with Gasteiger partial charge in [-0.05, 0) is 36.4 Å². The number of rotatable bonds is 6. The molecule has 1 aromatic carbocycles. The smallest absolute Gasteiger partial charge is 0.266 e. The molecule has 1 fully saturated rings. The number of thiocarbonyl (C=S) groups is 1. The van der Waals surface area contributed by atoms with Crippen LogP contribution in [0.15, 0.2) is 63.3 Å². The number of benzene rings is 1. The first-order valence-corrected chi connectivity index (χ1v) is 11.0. The predicted molar refractivity (Wildman–Crippen MR) is 115 cm³/mol. The highest BCUT2D eigenvalue weighted by Crippen LogP contribution is 2.33. The van der Waals surface area contributed by atoms with Gasteiger partial charge in [-0.15, -0.1) is 6.58 Å². The fourth-order valence-corrected chi connectivity index (χ4v) is 4.79. The molecule has 150 valence electrons. The Hall–Kier alpha value is -2.69. The van der Waals surface area contributed by atoms with E-state index < -0.39 is 15.9 Å². The Bertz CT molecular complexity index is 1130. The van der Waals surface area contributed by atoms with E-state index in [0.717, 1.165) is 6.92 Å². The lowest BCUT2D eigenvalue weighted by Crippen LogP contribution is -2.28. The van der Waals surface area contributed by atoms with Gasteiger partial charge in [0, 0.05) is 25.1 Å². The van der Waals surface area contributed by atoms with Crippen LogP contribution >= 0.6 is 24.0 Å². The monoisotopic (exact) mass is 448 g/mol. The zero-order valence-corrected chi connectivity index (χ0v) is 17.7. The molecule has 0 atom stereocenters. The average molecular weight is 449 g/mol. The zero-order valence-electron chi connectivity index (χ0n) is 15.2. The second-order valence-corrected chi connectivity index (χ2v) is 9.33. The van der Waals surface area contributed by atoms with E-state index >= 15 is 0 Å². The molecule has 2 heterocycles. The number of hydrogen-bond acceptors (Lipinski definition) is 7. The van der Waals surface area contributed by atoms with Crippen molar-refractivity contribution >= 4 is 56.2 Å². The second-order valence-electron chi connectivity index (χ2n) is 5.97. The third kappa shape index (κ3) is 4.66. The minimum absolute atomic E-state index is 0.0332. The lowest BCUT2D eigenvalue weighted by atomic mass is 10.2. The van der Waals surface area contributed by atoms with E-state index in [1.165, 1.54) is 28.8 Å². The first-order valence-electron chi connectivity index (χ1n) is 8.31. The Morgan fingerprint density at radius 2 is 1.97 bits per heavy atom. The number of nitrogens with zero attached hydrogens (tertiary/aromatic N) is 1. The molecule has 1 N–H and O–H groups in total. The largest absolute Gasteiger partial charge is 0.457 e. The summed E-state index contributed by atoms with van der Waals surface area (Å²) in [6.07, 6.45) is 3.22. The highest BCUT2D eigenvalue weighted by Gasteiger charge is 2.31. The molecule has 0 saturated carbocycles. The van der Waals surface area contributed by atoms with Crippen molar-refractivity contribution in [3.63, 3.8) is 0 Å². The molecule has 1 saturated heterocycles. The van der Waals surface area contributed by atoms with Crippen LogP contribution in [0.5, 0.6) is 0 Å². The molecule has 0 bridgehead atoms. The number of carbonyl (C=O) groups is 2. The number of carbonyl (C=O) groups excluding carboxylic acids is 2. The van der Waals surface area contributed by atoms with E-state index in [1.54, 1.807) is 36.4 Å². The fourth-order valence-electron chi connectivity index (χ4n) is 2.55. The van der Waals surface area contributed by atoms with Crippen molar-refractivity contribution in [2.45, 2.75) is 11.8 Å². The topological polar surface area (TPSA) is 96.7 Å². The van der Waals surface area contributed by atoms with E-state index in [2.05, 4.69) is 6.58 Å². The lowest BCUT2D eigenvalue weighted by molar-refractivity contribution is -0.121. The number of furan rings is 1. The number of thioether (sulfide) groups is 1. The van der Waals surface area contributed by atoms with Crippen molar-refractivity contribution in [2.24, 2.45) is 0 Å². The van der Waals surface area contributed by atoms with Gasteiger partial charge in [-0.2, -0.15) is 0 Å². The summed E-state index contributed by atoms with van der Waals surface area (Å²) in [5.41, 5.74) is 0.644. The summed E-state index contributed by atoms with van der Waals surface area (Å²) in [6.45, 7) is 5.09. The highest BCUT2D eigenvalue weighted by molar-refractivity contribution is 8.26. The summed E-state index contributed by atoms with van der Waals surface area (Å²) in [6, 6.07) is 9.32. The summed E-state index contributed by atoms with van der Waals surface area (Å²) >= 11 is 6.39. The molecular weight excluding hydrogens is 432 g/mol. The van der Waals surface area contributed by atoms with Crippen molar-refractivity contribution in [1.29, 1.82) is 0 Å². The quantitative estimate of drug-likeness (QED) is 0.412. The van der Waals surface area contributed by atoms with Gasteiger partial charge in [0.25, 0.3) is 15.9 Å². The normalized spacial score (nSPS) is 15.8. The van der Waals surface area contributed by atoms with Gasteiger partial charge in [-0.3, -0.25) is 14.5 Å². The van der Waals surface area contributed by atoms with Gasteiger partial charge in [-0.1, -0.05) is 30.1 Å². The molecule has 0 radical (unpaired) electrons. The first-order chi connectivity index (χ1) is 13.7. The van der Waals surface area contributed by atoms with Crippen molar-refractivity contribution in [3.05, 3.63) is 59.7 Å². The van der Waals surface area contributed by atoms with E-state index in [-0.39, 0.29) is 10.8 Å². The van der Waals surface area contributed by atoms with E-state index in [9.17, 15) is 18.0 Å². The summed E-state index contributed by atoms with van der Waals surface area (Å²) in [5, 5.41) is 0. The van der Waals surface area contributed by atoms with Crippen LogP contribution in [0.3, 0.4) is 0 Å². The zero-order chi connectivity index (χ0) is 21.2. The number of amides is 2. The van der Waals surface area contributed by atoms with Crippen LogP contribution in [-0.2, 0) is 19.6 Å². The van der Waals surface area contributed by atoms with Crippen LogP contribution in [-0.4, -0.2) is 36.0 Å². The summed E-state index contributed by atoms with van der Waals surface area (Å²) in [7, 11) is -3.89. The molecule has 2 amide bonds. The van der Waals surface area contributed by atoms with Crippen LogP contribution in [0.4, 0.5) is 0 Å². The summed E-state index contributed by atoms with van der Waals surface area (Å²) in [5.74, 6) is 0.101. The van der Waals surface area contributed by atoms with Crippen molar-refractivity contribution in [3.8, 4) is 11.3 Å². The third-order valence-electron chi connectivity index (χ3n) is 3.81. The average Bonchev–Trinajstić information content (AvgIpc) is 3.22. The summed E-state index contributed by atoms with van der Waals surface area (Å²) < 4.78 is 32.1. The van der Waals surface area contributed by atoms with E-state index in [0.29, 0.717) is 32.9 Å². The molecule has 0 unspecified atom stereocenters. The Kier molecular flexibility index (Phi) is 6.06. The minimum atomic E-state index is -3.89. The SMILES string of the molecule is C=CCN1C(=O)/C(=C/c2ccc(-c3ccc(S(=O)(=O)NC(C)=O)cc3)o2)SC1=S. The first kappa shape index (κ1) is 21.0. The molecule has 1 aromatic heterocycles. The Balaban J connectivity index is 1.80. The van der Waals surface area contributed by atoms with Gasteiger partial charge in [-0.25, -0.2) is 13.1 Å². The number of hydrogen-bond donors (Lipinski definition) is 1. The molecule has 1 aliphatic heterocycles. The maximum atomic E-state index is 12.4. The maximum absolute atomic E-state index is 12.4. The van der Waals surface area contributed by atoms with Crippen molar-refractivity contribution in [1.82, 2.24) is 9.62 Å². The molecule has 7 nitrogen and oxygen atoms in total. The van der Waals surface area contributed by atoms with Gasteiger partial charge in [0.2, 0.25) is 5.91 Å². The van der Waals surface area contributed by atoms with Gasteiger partial charge < -0.3 is 4.42 Å². The molecule has 1 aliphatic rings. The lowest BCUT2D eigenvalue weighted by Gasteiger charge is -2.10. The van der Waals surface area contributed by atoms with Gasteiger partial charge in [0.1, 0.15) is 15.8 Å². The van der Waals surface area contributed by atoms with Gasteiger partial charge in [0.05, 0.1) is 9.80 Å². The Morgan fingerprint density at radius 1 is 1.28 bits per heavy atom. The molecule has 3 rings (SSSR count). The fraction of sp³-hybridized carbons (Fsp3) is 0.105. The van der Waals surface area contributed by atoms with Crippen LogP contribution in [0.25, 0.3) is 17.4 Å². The minimum Gasteiger partial charge on any atom is -0.457 e. The second kappa shape index (κ2) is 8.36. The van der Waals surface area contributed by atoms with Crippen molar-refractivity contribution < 1.29 is 22.4 Å². The van der Waals surface area contributed by atoms with Gasteiger partial charge >= 0.3 is 0 Å². The third-order valence-corrected chi connectivity index (χ3v) is 6.64. The Labute approximate surface area is 177 Å². The van der Waals surface area contributed by atoms with Crippen molar-refractivity contribution in [2.75, 3.05) is 6.54 Å². The molecule has 0 aliphatic carbocycles. The molecule has 29 heavy (non-hydrogen) atoms. The van der Waals surface area contributed by atoms with Gasteiger partial charge in [0.15, 0.2) is 0 Å². The molecule has 10 heteroatoms. The van der Waals surface area contributed by atoms with Crippen LogP contribution in [0, 0.1) is 0 Å². The molecule has 2 aromatic rings. The predicted octanol–water partition coefficient (Wildman–Crippen LogP) is 3.16. The molecular formula is C19H16N2O5S3. The molecule has 0 spiro atoms. The van der Waals surface area contributed by atoms with Crippen LogP contribution in [0.2, 0.25) is 0 Å².